The molecular formula is C18H23N5O2. The Morgan fingerprint density at radius 3 is 2.96 bits per heavy atom. The summed E-state index contributed by atoms with van der Waals surface area (Å²) in [6, 6.07) is 7.52. The number of aryl methyl sites for hydroxylation is 1. The van der Waals surface area contributed by atoms with Gasteiger partial charge in [0.15, 0.2) is 5.82 Å². The summed E-state index contributed by atoms with van der Waals surface area (Å²) in [5.41, 5.74) is 0.513. The fourth-order valence-electron chi connectivity index (χ4n) is 3.16. The number of hydrogen-bond acceptors (Lipinski definition) is 6. The number of rotatable bonds is 4. The lowest BCUT2D eigenvalue weighted by Crippen LogP contribution is -2.50. The Morgan fingerprint density at radius 1 is 1.40 bits per heavy atom. The van der Waals surface area contributed by atoms with E-state index in [9.17, 15) is 9.90 Å². The third-order valence-electron chi connectivity index (χ3n) is 4.38. The Labute approximate surface area is 147 Å². The van der Waals surface area contributed by atoms with Gasteiger partial charge in [0, 0.05) is 38.1 Å². The number of carbonyl (C=O) groups excluding carboxylic acids is 1. The van der Waals surface area contributed by atoms with E-state index in [1.807, 2.05) is 36.1 Å². The van der Waals surface area contributed by atoms with E-state index in [0.717, 1.165) is 24.5 Å². The van der Waals surface area contributed by atoms with Crippen molar-refractivity contribution in [2.24, 2.45) is 0 Å². The van der Waals surface area contributed by atoms with Crippen LogP contribution in [0.15, 0.2) is 30.5 Å². The van der Waals surface area contributed by atoms with E-state index < -0.39 is 5.60 Å². The fourth-order valence-corrected chi connectivity index (χ4v) is 3.16. The highest BCUT2D eigenvalue weighted by atomic mass is 16.3. The minimum absolute atomic E-state index is 0.0944. The predicted molar refractivity (Wildman–Crippen MR) is 95.1 cm³/mol. The Bertz CT molecular complexity index is 752. The summed E-state index contributed by atoms with van der Waals surface area (Å²) in [6.07, 6.45) is 3.21. The summed E-state index contributed by atoms with van der Waals surface area (Å²) in [6.45, 7) is 3.07. The van der Waals surface area contributed by atoms with Crippen molar-refractivity contribution in [2.45, 2.75) is 31.8 Å². The van der Waals surface area contributed by atoms with Gasteiger partial charge in [-0.25, -0.2) is 9.97 Å². The van der Waals surface area contributed by atoms with Gasteiger partial charge in [-0.1, -0.05) is 6.07 Å². The normalized spacial score (nSPS) is 20.4. The molecule has 1 atom stereocenters. The van der Waals surface area contributed by atoms with Crippen LogP contribution in [0.5, 0.6) is 0 Å². The number of aromatic nitrogens is 3. The van der Waals surface area contributed by atoms with Crippen LogP contribution in [0.1, 0.15) is 25.0 Å². The molecule has 0 aliphatic carbocycles. The van der Waals surface area contributed by atoms with E-state index >= 15 is 0 Å². The van der Waals surface area contributed by atoms with Crippen LogP contribution in [0.2, 0.25) is 0 Å². The zero-order chi connectivity index (χ0) is 17.9. The van der Waals surface area contributed by atoms with Gasteiger partial charge in [0.05, 0.1) is 12.0 Å². The van der Waals surface area contributed by atoms with Gasteiger partial charge in [-0.2, -0.15) is 0 Å². The molecule has 0 bridgehead atoms. The van der Waals surface area contributed by atoms with Gasteiger partial charge in [-0.15, -0.1) is 0 Å². The number of carbonyl (C=O) groups is 1. The highest BCUT2D eigenvalue weighted by Crippen LogP contribution is 2.28. The zero-order valence-corrected chi connectivity index (χ0v) is 14.6. The quantitative estimate of drug-likeness (QED) is 0.871. The molecule has 0 aromatic carbocycles. The number of nitrogens with one attached hydrogen (secondary N) is 1. The third-order valence-corrected chi connectivity index (χ3v) is 4.38. The SMILES string of the molecule is CNC(=O)CC1(O)CCCN(c2cc(C)nc(-c3ccccn3)n2)C1. The van der Waals surface area contributed by atoms with Crippen LogP contribution in [0.25, 0.3) is 11.5 Å². The van der Waals surface area contributed by atoms with Crippen LogP contribution in [0, 0.1) is 6.92 Å². The average molecular weight is 341 g/mol. The van der Waals surface area contributed by atoms with Crippen LogP contribution in [0.4, 0.5) is 5.82 Å². The average Bonchev–Trinajstić information content (AvgIpc) is 2.61. The molecule has 25 heavy (non-hydrogen) atoms. The van der Waals surface area contributed by atoms with Gasteiger partial charge in [0.2, 0.25) is 5.91 Å². The molecular weight excluding hydrogens is 318 g/mol. The van der Waals surface area contributed by atoms with E-state index in [2.05, 4.69) is 20.3 Å². The molecule has 3 rings (SSSR count). The van der Waals surface area contributed by atoms with Crippen molar-refractivity contribution in [2.75, 3.05) is 25.0 Å². The minimum atomic E-state index is -1.04. The summed E-state index contributed by atoms with van der Waals surface area (Å²) < 4.78 is 0. The number of nitrogens with zero attached hydrogens (tertiary/aromatic N) is 4. The summed E-state index contributed by atoms with van der Waals surface area (Å²) in [5, 5.41) is 13.4. The van der Waals surface area contributed by atoms with Crippen molar-refractivity contribution in [3.63, 3.8) is 0 Å². The Morgan fingerprint density at radius 2 is 2.24 bits per heavy atom. The van der Waals surface area contributed by atoms with Gasteiger partial charge in [0.25, 0.3) is 0 Å². The molecule has 132 valence electrons. The Kier molecular flexibility index (Phi) is 4.94. The predicted octanol–water partition coefficient (Wildman–Crippen LogP) is 1.31. The van der Waals surface area contributed by atoms with Gasteiger partial charge in [0.1, 0.15) is 11.5 Å². The number of amides is 1. The molecule has 2 N–H and O–H groups in total. The fraction of sp³-hybridized carbons (Fsp3) is 0.444. The first-order chi connectivity index (χ1) is 12.0. The molecule has 1 aliphatic heterocycles. The van der Waals surface area contributed by atoms with Gasteiger partial charge in [-0.05, 0) is 31.9 Å². The van der Waals surface area contributed by atoms with Crippen LogP contribution < -0.4 is 10.2 Å². The molecule has 7 nitrogen and oxygen atoms in total. The zero-order valence-electron chi connectivity index (χ0n) is 14.6. The van der Waals surface area contributed by atoms with Crippen LogP contribution in [-0.2, 0) is 4.79 Å². The molecule has 7 heteroatoms. The van der Waals surface area contributed by atoms with Crippen molar-refractivity contribution in [3.8, 4) is 11.5 Å². The maximum absolute atomic E-state index is 11.7. The number of anilines is 1. The molecule has 2 aromatic heterocycles. The molecule has 3 heterocycles. The van der Waals surface area contributed by atoms with Crippen molar-refractivity contribution in [1.29, 1.82) is 0 Å². The number of pyridine rings is 1. The van der Waals surface area contributed by atoms with Gasteiger partial charge >= 0.3 is 0 Å². The summed E-state index contributed by atoms with van der Waals surface area (Å²) >= 11 is 0. The Hall–Kier alpha value is -2.54. The van der Waals surface area contributed by atoms with E-state index in [0.29, 0.717) is 24.5 Å². The minimum Gasteiger partial charge on any atom is -0.388 e. The first kappa shape index (κ1) is 17.3. The Balaban J connectivity index is 1.86. The molecule has 2 aromatic rings. The molecule has 0 spiro atoms. The summed E-state index contributed by atoms with van der Waals surface area (Å²) in [4.78, 5) is 27.1. The van der Waals surface area contributed by atoms with E-state index in [1.54, 1.807) is 13.2 Å². The number of hydrogen-bond donors (Lipinski definition) is 2. The van der Waals surface area contributed by atoms with E-state index in [4.69, 9.17) is 0 Å². The topological polar surface area (TPSA) is 91.2 Å². The second-order valence-corrected chi connectivity index (χ2v) is 6.51. The van der Waals surface area contributed by atoms with E-state index in [1.165, 1.54) is 0 Å². The van der Waals surface area contributed by atoms with Crippen molar-refractivity contribution in [1.82, 2.24) is 20.3 Å². The molecule has 1 aliphatic rings. The molecule has 1 unspecified atom stereocenters. The third kappa shape index (κ3) is 4.11. The largest absolute Gasteiger partial charge is 0.388 e. The molecule has 0 radical (unpaired) electrons. The van der Waals surface area contributed by atoms with Crippen LogP contribution in [-0.4, -0.2) is 51.7 Å². The second kappa shape index (κ2) is 7.14. The maximum atomic E-state index is 11.7. The second-order valence-electron chi connectivity index (χ2n) is 6.51. The lowest BCUT2D eigenvalue weighted by Gasteiger charge is -2.39. The monoisotopic (exact) mass is 341 g/mol. The molecule has 1 fully saturated rings. The van der Waals surface area contributed by atoms with Gasteiger partial charge in [-0.3, -0.25) is 9.78 Å². The van der Waals surface area contributed by atoms with Crippen LogP contribution in [0.3, 0.4) is 0 Å². The number of piperidine rings is 1. The summed E-state index contributed by atoms with van der Waals surface area (Å²) in [5.74, 6) is 1.16. The lowest BCUT2D eigenvalue weighted by molar-refractivity contribution is -0.125. The highest BCUT2D eigenvalue weighted by Gasteiger charge is 2.35. The van der Waals surface area contributed by atoms with Gasteiger partial charge < -0.3 is 15.3 Å². The first-order valence-electron chi connectivity index (χ1n) is 8.44. The maximum Gasteiger partial charge on any atom is 0.222 e. The standard InChI is InChI=1S/C18H23N5O2/c1-13-10-15(22-17(21-13)14-6-3-4-8-20-14)23-9-5-7-18(25,12-23)11-16(24)19-2/h3-4,6,8,10,25H,5,7,9,11-12H2,1-2H3,(H,19,24). The highest BCUT2D eigenvalue weighted by molar-refractivity contribution is 5.76. The van der Waals surface area contributed by atoms with Crippen molar-refractivity contribution >= 4 is 11.7 Å². The first-order valence-corrected chi connectivity index (χ1v) is 8.44. The lowest BCUT2D eigenvalue weighted by atomic mass is 9.89. The van der Waals surface area contributed by atoms with Crippen molar-refractivity contribution < 1.29 is 9.90 Å². The van der Waals surface area contributed by atoms with E-state index in [-0.39, 0.29) is 12.3 Å². The summed E-state index contributed by atoms with van der Waals surface area (Å²) in [7, 11) is 1.58. The molecule has 0 saturated carbocycles. The van der Waals surface area contributed by atoms with Crippen LogP contribution >= 0.6 is 0 Å². The van der Waals surface area contributed by atoms with Crippen molar-refractivity contribution in [3.05, 3.63) is 36.2 Å². The molecule has 1 amide bonds. The number of β-amino-alcohol motifs (C(OH)–C–C–N with tert-alkyl or cyclic N) is 1. The number of aliphatic hydroxyl groups is 1. The molecule has 1 saturated heterocycles. The smallest absolute Gasteiger partial charge is 0.222 e.